The van der Waals surface area contributed by atoms with Gasteiger partial charge in [0.15, 0.2) is 5.96 Å². The summed E-state index contributed by atoms with van der Waals surface area (Å²) in [7, 11) is 0. The summed E-state index contributed by atoms with van der Waals surface area (Å²) in [6.45, 7) is 7.73. The summed E-state index contributed by atoms with van der Waals surface area (Å²) in [4.78, 5) is 15.9. The van der Waals surface area contributed by atoms with Crippen LogP contribution in [0.2, 0.25) is 0 Å². The lowest BCUT2D eigenvalue weighted by atomic mass is 10.1. The molecular weight excluding hydrogens is 422 g/mol. The van der Waals surface area contributed by atoms with Gasteiger partial charge in [-0.05, 0) is 44.9 Å². The molecule has 0 aliphatic carbocycles. The number of rotatable bonds is 8. The van der Waals surface area contributed by atoms with E-state index in [9.17, 15) is 9.18 Å². The van der Waals surface area contributed by atoms with Crippen LogP contribution in [0.25, 0.3) is 0 Å². The molecule has 0 spiro atoms. The highest BCUT2D eigenvalue weighted by Gasteiger charge is 2.03. The van der Waals surface area contributed by atoms with E-state index < -0.39 is 0 Å². The Hall–Kier alpha value is -1.38. The summed E-state index contributed by atoms with van der Waals surface area (Å²) in [5.41, 5.74) is 1.06. The highest BCUT2D eigenvalue weighted by atomic mass is 127. The fraction of sp³-hybridized carbons (Fsp3) is 0.529. The van der Waals surface area contributed by atoms with Crippen LogP contribution in [0.15, 0.2) is 29.3 Å². The molecule has 0 saturated heterocycles. The monoisotopic (exact) mass is 450 g/mol. The topological polar surface area (TPSA) is 65.5 Å². The Morgan fingerprint density at radius 1 is 1.21 bits per heavy atom. The lowest BCUT2D eigenvalue weighted by Crippen LogP contribution is -2.38. The van der Waals surface area contributed by atoms with Gasteiger partial charge in [-0.3, -0.25) is 9.79 Å². The number of hydrogen-bond donors (Lipinski definition) is 3. The van der Waals surface area contributed by atoms with Gasteiger partial charge in [0.1, 0.15) is 5.82 Å². The Morgan fingerprint density at radius 2 is 1.88 bits per heavy atom. The van der Waals surface area contributed by atoms with Gasteiger partial charge in [0, 0.05) is 25.6 Å². The molecule has 0 unspecified atom stereocenters. The summed E-state index contributed by atoms with van der Waals surface area (Å²) in [6.07, 6.45) is 1.14. The van der Waals surface area contributed by atoms with Crippen molar-refractivity contribution in [1.82, 2.24) is 16.0 Å². The molecule has 0 radical (unpaired) electrons. The minimum Gasteiger partial charge on any atom is -0.357 e. The second-order valence-corrected chi connectivity index (χ2v) is 5.54. The second-order valence-electron chi connectivity index (χ2n) is 5.54. The zero-order chi connectivity index (χ0) is 17.1. The van der Waals surface area contributed by atoms with Crippen LogP contribution in [-0.4, -0.2) is 37.5 Å². The third kappa shape index (κ3) is 10.4. The second kappa shape index (κ2) is 13.0. The van der Waals surface area contributed by atoms with Crippen molar-refractivity contribution in [3.05, 3.63) is 35.6 Å². The summed E-state index contributed by atoms with van der Waals surface area (Å²) in [5.74, 6) is 0.467. The first-order valence-corrected chi connectivity index (χ1v) is 8.07. The minimum atomic E-state index is -0.226. The number of nitrogens with zero attached hydrogens (tertiary/aromatic N) is 1. The Labute approximate surface area is 160 Å². The molecule has 0 heterocycles. The molecular formula is C17H28FIN4O. The molecule has 1 aromatic rings. The lowest BCUT2D eigenvalue weighted by molar-refractivity contribution is -0.121. The molecule has 5 nitrogen and oxygen atoms in total. The SMILES string of the molecule is CCNC(=NCCC(=O)NC(C)C)NCCc1ccc(F)cc1.I. The third-order valence-corrected chi connectivity index (χ3v) is 3.02. The van der Waals surface area contributed by atoms with E-state index in [0.717, 1.165) is 18.5 Å². The summed E-state index contributed by atoms with van der Waals surface area (Å²) in [6, 6.07) is 6.62. The predicted octanol–water partition coefficient (Wildman–Crippen LogP) is 2.46. The van der Waals surface area contributed by atoms with Crippen LogP contribution in [0.4, 0.5) is 4.39 Å². The first-order chi connectivity index (χ1) is 11.0. The summed E-state index contributed by atoms with van der Waals surface area (Å²) < 4.78 is 12.8. The van der Waals surface area contributed by atoms with Gasteiger partial charge in [0.05, 0.1) is 6.54 Å². The summed E-state index contributed by atoms with van der Waals surface area (Å²) >= 11 is 0. The van der Waals surface area contributed by atoms with Crippen molar-refractivity contribution in [1.29, 1.82) is 0 Å². The Balaban J connectivity index is 0.00000529. The molecule has 7 heteroatoms. The molecule has 0 bridgehead atoms. The first kappa shape index (κ1) is 22.6. The van der Waals surface area contributed by atoms with Crippen LogP contribution in [-0.2, 0) is 11.2 Å². The maximum atomic E-state index is 12.8. The quantitative estimate of drug-likeness (QED) is 0.324. The van der Waals surface area contributed by atoms with Crippen LogP contribution in [0, 0.1) is 5.82 Å². The number of amides is 1. The highest BCUT2D eigenvalue weighted by Crippen LogP contribution is 2.02. The van der Waals surface area contributed by atoms with Gasteiger partial charge in [-0.15, -0.1) is 24.0 Å². The van der Waals surface area contributed by atoms with Gasteiger partial charge in [-0.2, -0.15) is 0 Å². The molecule has 136 valence electrons. The average Bonchev–Trinajstić information content (AvgIpc) is 2.48. The highest BCUT2D eigenvalue weighted by molar-refractivity contribution is 14.0. The zero-order valence-corrected chi connectivity index (χ0v) is 16.9. The van der Waals surface area contributed by atoms with E-state index in [4.69, 9.17) is 0 Å². The van der Waals surface area contributed by atoms with Crippen LogP contribution < -0.4 is 16.0 Å². The number of halogens is 2. The zero-order valence-electron chi connectivity index (χ0n) is 14.6. The number of carbonyl (C=O) groups excluding carboxylic acids is 1. The smallest absolute Gasteiger partial charge is 0.222 e. The molecule has 24 heavy (non-hydrogen) atoms. The van der Waals surface area contributed by atoms with Gasteiger partial charge in [-0.25, -0.2) is 4.39 Å². The Bertz CT molecular complexity index is 506. The Kier molecular flexibility index (Phi) is 12.2. The van der Waals surface area contributed by atoms with Crippen molar-refractivity contribution in [2.45, 2.75) is 39.7 Å². The van der Waals surface area contributed by atoms with E-state index in [1.165, 1.54) is 12.1 Å². The van der Waals surface area contributed by atoms with Crippen molar-refractivity contribution in [2.24, 2.45) is 4.99 Å². The number of nitrogens with one attached hydrogen (secondary N) is 3. The van der Waals surface area contributed by atoms with Crippen molar-refractivity contribution in [2.75, 3.05) is 19.6 Å². The number of benzene rings is 1. The Morgan fingerprint density at radius 3 is 2.46 bits per heavy atom. The van der Waals surface area contributed by atoms with Gasteiger partial charge in [-0.1, -0.05) is 12.1 Å². The molecule has 0 atom stereocenters. The van der Waals surface area contributed by atoms with Crippen molar-refractivity contribution < 1.29 is 9.18 Å². The van der Waals surface area contributed by atoms with Gasteiger partial charge in [0.2, 0.25) is 5.91 Å². The van der Waals surface area contributed by atoms with Crippen LogP contribution in [0.1, 0.15) is 32.8 Å². The standard InChI is InChI=1S/C17H27FN4O.HI/c1-4-19-17(21-12-10-16(23)22-13(2)3)20-11-9-14-5-7-15(18)8-6-14;/h5-8,13H,4,9-12H2,1-3H3,(H,22,23)(H2,19,20,21);1H. The number of aliphatic imine (C=N–C) groups is 1. The largest absolute Gasteiger partial charge is 0.357 e. The van der Waals surface area contributed by atoms with Crippen molar-refractivity contribution in [3.8, 4) is 0 Å². The van der Waals surface area contributed by atoms with Crippen LogP contribution in [0.3, 0.4) is 0 Å². The molecule has 0 aliphatic rings. The fourth-order valence-electron chi connectivity index (χ4n) is 1.98. The van der Waals surface area contributed by atoms with Crippen molar-refractivity contribution >= 4 is 35.8 Å². The molecule has 0 aromatic heterocycles. The number of hydrogen-bond acceptors (Lipinski definition) is 2. The molecule has 1 amide bonds. The third-order valence-electron chi connectivity index (χ3n) is 3.02. The fourth-order valence-corrected chi connectivity index (χ4v) is 1.98. The van der Waals surface area contributed by atoms with Crippen LogP contribution in [0.5, 0.6) is 0 Å². The van der Waals surface area contributed by atoms with E-state index in [0.29, 0.717) is 25.5 Å². The number of carbonyl (C=O) groups is 1. The van der Waals surface area contributed by atoms with E-state index in [1.807, 2.05) is 20.8 Å². The predicted molar refractivity (Wildman–Crippen MR) is 107 cm³/mol. The van der Waals surface area contributed by atoms with Gasteiger partial charge >= 0.3 is 0 Å². The van der Waals surface area contributed by atoms with Crippen LogP contribution >= 0.6 is 24.0 Å². The lowest BCUT2D eigenvalue weighted by Gasteiger charge is -2.11. The summed E-state index contributed by atoms with van der Waals surface area (Å²) in [5, 5.41) is 9.19. The molecule has 0 fully saturated rings. The van der Waals surface area contributed by atoms with E-state index in [2.05, 4.69) is 20.9 Å². The maximum absolute atomic E-state index is 12.8. The first-order valence-electron chi connectivity index (χ1n) is 8.07. The molecule has 0 saturated carbocycles. The minimum absolute atomic E-state index is 0. The average molecular weight is 450 g/mol. The molecule has 3 N–H and O–H groups in total. The molecule has 1 aromatic carbocycles. The van der Waals surface area contributed by atoms with E-state index in [1.54, 1.807) is 12.1 Å². The van der Waals surface area contributed by atoms with E-state index in [-0.39, 0.29) is 41.7 Å². The molecule has 0 aliphatic heterocycles. The van der Waals surface area contributed by atoms with Crippen molar-refractivity contribution in [3.63, 3.8) is 0 Å². The maximum Gasteiger partial charge on any atom is 0.222 e. The normalized spacial score (nSPS) is 11.0. The van der Waals surface area contributed by atoms with Gasteiger partial charge in [0.25, 0.3) is 0 Å². The van der Waals surface area contributed by atoms with E-state index >= 15 is 0 Å². The number of guanidine groups is 1. The van der Waals surface area contributed by atoms with Gasteiger partial charge < -0.3 is 16.0 Å². The molecule has 1 rings (SSSR count).